The molecular formula is C54H38BClF14N2O4. The molecule has 0 aliphatic rings. The summed E-state index contributed by atoms with van der Waals surface area (Å²) >= 11 is 5.75. The number of ether oxygens (including phenoxy) is 2. The molecule has 0 aliphatic carbocycles. The summed E-state index contributed by atoms with van der Waals surface area (Å²) in [7, 11) is -2.32. The van der Waals surface area contributed by atoms with Crippen molar-refractivity contribution in [1.29, 1.82) is 0 Å². The first-order valence-electron chi connectivity index (χ1n) is 22.5. The number of hydrogen-bond donors (Lipinski definition) is 2. The Balaban J connectivity index is 0.000000201. The summed E-state index contributed by atoms with van der Waals surface area (Å²) in [6.07, 6.45) is -1.81. The van der Waals surface area contributed by atoms with Crippen molar-refractivity contribution >= 4 is 24.2 Å². The van der Waals surface area contributed by atoms with E-state index in [4.69, 9.17) is 21.6 Å². The summed E-state index contributed by atoms with van der Waals surface area (Å²) in [5, 5.41) is 18.1. The summed E-state index contributed by atoms with van der Waals surface area (Å²) in [4.78, 5) is 8.26. The van der Waals surface area contributed by atoms with Gasteiger partial charge in [-0.2, -0.15) is 17.6 Å². The molecule has 6 nitrogen and oxygen atoms in total. The van der Waals surface area contributed by atoms with E-state index < -0.39 is 106 Å². The highest BCUT2D eigenvalue weighted by Crippen LogP contribution is 2.39. The van der Waals surface area contributed by atoms with Crippen LogP contribution in [0.5, 0.6) is 11.5 Å². The molecule has 0 fully saturated rings. The van der Waals surface area contributed by atoms with Gasteiger partial charge in [-0.25, -0.2) is 48.9 Å². The zero-order valence-corrected chi connectivity index (χ0v) is 40.1. The molecule has 0 aliphatic heterocycles. The van der Waals surface area contributed by atoms with Crippen LogP contribution in [0.3, 0.4) is 0 Å². The predicted molar refractivity (Wildman–Crippen MR) is 256 cm³/mol. The van der Waals surface area contributed by atoms with Gasteiger partial charge in [0.1, 0.15) is 51.0 Å². The first-order chi connectivity index (χ1) is 35.9. The number of nitrogens with zero attached hydrogens (tertiary/aromatic N) is 2. The van der Waals surface area contributed by atoms with Crippen molar-refractivity contribution in [2.24, 2.45) is 0 Å². The highest BCUT2D eigenvalue weighted by molar-refractivity contribution is 6.58. The van der Waals surface area contributed by atoms with E-state index >= 15 is 0 Å². The van der Waals surface area contributed by atoms with Crippen LogP contribution in [0.25, 0.3) is 33.5 Å². The molecule has 2 heterocycles. The van der Waals surface area contributed by atoms with Gasteiger partial charge in [-0.15, -0.1) is 0 Å². The van der Waals surface area contributed by atoms with Gasteiger partial charge in [0.15, 0.2) is 34.9 Å². The second-order valence-corrected chi connectivity index (χ2v) is 16.8. The number of hydrogen-bond acceptors (Lipinski definition) is 6. The molecular weight excluding hydrogens is 1050 g/mol. The van der Waals surface area contributed by atoms with Gasteiger partial charge in [0.05, 0.1) is 5.69 Å². The van der Waals surface area contributed by atoms with Crippen molar-refractivity contribution < 1.29 is 81.0 Å². The molecule has 0 spiro atoms. The Bertz CT molecular complexity index is 3190. The van der Waals surface area contributed by atoms with Crippen molar-refractivity contribution in [2.75, 3.05) is 0 Å². The summed E-state index contributed by atoms with van der Waals surface area (Å²) in [5.74, 6) is -20.7. The molecule has 0 unspecified atom stereocenters. The number of aromatic nitrogens is 2. The lowest BCUT2D eigenvalue weighted by molar-refractivity contribution is -0.190. The lowest BCUT2D eigenvalue weighted by Crippen LogP contribution is -2.33. The van der Waals surface area contributed by atoms with Gasteiger partial charge in [-0.1, -0.05) is 92.9 Å². The fraction of sp³-hybridized carbons (Fsp3) is 0.148. The minimum absolute atomic E-state index is 0.0635. The van der Waals surface area contributed by atoms with Gasteiger partial charge >= 0.3 is 19.3 Å². The van der Waals surface area contributed by atoms with Crippen LogP contribution < -0.4 is 14.9 Å². The van der Waals surface area contributed by atoms with Crippen molar-refractivity contribution in [3.63, 3.8) is 0 Å². The SMILES string of the molecule is CCCc1ccc(-c2ccc(-c3cc(F)c(C(F)(F)Oc4cc(F)c(F)c(F)c4)c(F)c3)nc2)cc1.CCCc1ccc(-c2ccc(Cl)nc2)cc1.OB(O)c1cc(F)c(C(F)(F)Oc2cc(F)c(F)c(F)c2)c(F)c1. The molecule has 8 aromatic rings. The maximum Gasteiger partial charge on any atom is 0.488 e. The quantitative estimate of drug-likeness (QED) is 0.0488. The van der Waals surface area contributed by atoms with E-state index in [1.807, 2.05) is 36.4 Å². The summed E-state index contributed by atoms with van der Waals surface area (Å²) in [6.45, 7) is 4.27. The predicted octanol–water partition coefficient (Wildman–Crippen LogP) is 14.7. The highest BCUT2D eigenvalue weighted by atomic mass is 35.5. The fourth-order valence-electron chi connectivity index (χ4n) is 7.19. The number of pyridine rings is 2. The number of halogens is 15. The Hall–Kier alpha value is -7.49. The van der Waals surface area contributed by atoms with Crippen LogP contribution in [0.15, 0.2) is 134 Å². The normalized spacial score (nSPS) is 11.3. The Morgan fingerprint density at radius 1 is 0.447 bits per heavy atom. The third kappa shape index (κ3) is 14.5. The van der Waals surface area contributed by atoms with Gasteiger partial charge in [0, 0.05) is 53.3 Å². The lowest BCUT2D eigenvalue weighted by atomic mass is 9.79. The Labute approximate surface area is 430 Å². The van der Waals surface area contributed by atoms with E-state index in [2.05, 4.69) is 57.6 Å². The van der Waals surface area contributed by atoms with Gasteiger partial charge in [0.25, 0.3) is 0 Å². The van der Waals surface area contributed by atoms with E-state index in [1.54, 1.807) is 12.3 Å². The summed E-state index contributed by atoms with van der Waals surface area (Å²) < 4.78 is 200. The average Bonchev–Trinajstić information content (AvgIpc) is 3.35. The zero-order valence-electron chi connectivity index (χ0n) is 39.4. The van der Waals surface area contributed by atoms with Crippen LogP contribution in [0.4, 0.5) is 61.5 Å². The molecule has 2 N–H and O–H groups in total. The Morgan fingerprint density at radius 3 is 1.13 bits per heavy atom. The molecule has 0 saturated heterocycles. The topological polar surface area (TPSA) is 84.7 Å². The monoisotopic (exact) mass is 1090 g/mol. The van der Waals surface area contributed by atoms with Crippen LogP contribution in [-0.4, -0.2) is 27.1 Å². The van der Waals surface area contributed by atoms with Crippen molar-refractivity contribution in [2.45, 2.75) is 51.7 Å². The van der Waals surface area contributed by atoms with E-state index in [1.165, 1.54) is 35.4 Å². The summed E-state index contributed by atoms with van der Waals surface area (Å²) in [6, 6.07) is 25.5. The first kappa shape index (κ1) is 57.8. The lowest BCUT2D eigenvalue weighted by Gasteiger charge is -2.20. The van der Waals surface area contributed by atoms with Gasteiger partial charge < -0.3 is 19.5 Å². The number of benzene rings is 6. The largest absolute Gasteiger partial charge is 0.488 e. The number of aryl methyl sites for hydroxylation is 2. The molecule has 2 aromatic heterocycles. The Morgan fingerprint density at radius 2 is 0.803 bits per heavy atom. The second-order valence-electron chi connectivity index (χ2n) is 16.4. The van der Waals surface area contributed by atoms with Crippen LogP contribution in [0.1, 0.15) is 48.9 Å². The minimum atomic E-state index is -4.73. The van der Waals surface area contributed by atoms with E-state index in [9.17, 15) is 61.5 Å². The van der Waals surface area contributed by atoms with Crippen molar-refractivity contribution in [1.82, 2.24) is 9.97 Å². The average molecular weight is 1090 g/mol. The molecule has 22 heteroatoms. The van der Waals surface area contributed by atoms with Gasteiger partial charge in [0.2, 0.25) is 0 Å². The van der Waals surface area contributed by atoms with Crippen LogP contribution >= 0.6 is 11.6 Å². The third-order valence-electron chi connectivity index (χ3n) is 10.8. The molecule has 0 saturated carbocycles. The maximum absolute atomic E-state index is 14.6. The molecule has 0 atom stereocenters. The van der Waals surface area contributed by atoms with E-state index in [-0.39, 0.29) is 47.7 Å². The smallest absolute Gasteiger partial charge is 0.429 e. The Kier molecular flexibility index (Phi) is 18.9. The molecule has 396 valence electrons. The molecule has 0 radical (unpaired) electrons. The first-order valence-corrected chi connectivity index (χ1v) is 22.8. The maximum atomic E-state index is 14.6. The fourth-order valence-corrected chi connectivity index (χ4v) is 7.30. The third-order valence-corrected chi connectivity index (χ3v) is 11.1. The van der Waals surface area contributed by atoms with Crippen LogP contribution in [-0.2, 0) is 25.1 Å². The zero-order chi connectivity index (χ0) is 55.6. The molecule has 76 heavy (non-hydrogen) atoms. The van der Waals surface area contributed by atoms with E-state index in [0.717, 1.165) is 36.0 Å². The van der Waals surface area contributed by atoms with Crippen LogP contribution in [0.2, 0.25) is 5.15 Å². The number of alkyl halides is 4. The van der Waals surface area contributed by atoms with Crippen molar-refractivity contribution in [3.8, 4) is 45.0 Å². The minimum Gasteiger partial charge on any atom is -0.429 e. The standard InChI is InChI=1S/C27H18F7NO.C14H14ClN.C13H6BF7O3/c1-2-3-15-4-6-16(7-5-15)17-8-9-24(35-14-17)18-10-20(28)25(21(29)11-18)27(33,34)36-19-12-22(30)26(32)23(31)13-19;1-2-3-11-4-6-12(7-5-11)13-8-9-14(15)16-10-13;15-7-1-5(14(22)23)2-8(16)11(7)13(20,21)24-6-3-9(17)12(19)10(18)4-6/h4-14H,2-3H2,1H3;4-10H,2-3H2,1H3;1-4,22-23H. The highest BCUT2D eigenvalue weighted by Gasteiger charge is 2.43. The summed E-state index contributed by atoms with van der Waals surface area (Å²) in [5.41, 5.74) is 2.04. The van der Waals surface area contributed by atoms with E-state index in [0.29, 0.717) is 17.3 Å². The molecule has 0 amide bonds. The van der Waals surface area contributed by atoms with Gasteiger partial charge in [-0.05, 0) is 83.0 Å². The second kappa shape index (κ2) is 24.9. The molecule has 8 rings (SSSR count). The molecule has 0 bridgehead atoms. The van der Waals surface area contributed by atoms with Crippen molar-refractivity contribution in [3.05, 3.63) is 219 Å². The number of rotatable bonds is 14. The molecule has 6 aromatic carbocycles. The van der Waals surface area contributed by atoms with Crippen LogP contribution in [0, 0.1) is 58.2 Å². The van der Waals surface area contributed by atoms with Gasteiger partial charge in [-0.3, -0.25) is 4.98 Å².